The zero-order valence-electron chi connectivity index (χ0n) is 16.9. The summed E-state index contributed by atoms with van der Waals surface area (Å²) in [5, 5.41) is 18.3. The van der Waals surface area contributed by atoms with Crippen molar-refractivity contribution >= 4 is 41.8 Å². The summed E-state index contributed by atoms with van der Waals surface area (Å²) in [4.78, 5) is 10.2. The maximum atomic E-state index is 10.2. The van der Waals surface area contributed by atoms with Gasteiger partial charge in [0.15, 0.2) is 0 Å². The van der Waals surface area contributed by atoms with Gasteiger partial charge in [0.2, 0.25) is 0 Å². The van der Waals surface area contributed by atoms with Gasteiger partial charge in [0.1, 0.15) is 0 Å². The van der Waals surface area contributed by atoms with Crippen LogP contribution in [0, 0.1) is 0 Å². The van der Waals surface area contributed by atoms with E-state index in [1.807, 2.05) is 0 Å². The monoisotopic (exact) mass is 382 g/mol. The quantitative estimate of drug-likeness (QED) is 0.269. The second-order valence-corrected chi connectivity index (χ2v) is 8.11. The van der Waals surface area contributed by atoms with Crippen LogP contribution in [-0.4, -0.2) is 53.5 Å². The molecule has 0 aliphatic carbocycles. The average molecular weight is 383 g/mol. The first kappa shape index (κ1) is 27.9. The van der Waals surface area contributed by atoms with Gasteiger partial charge in [-0.15, -0.1) is 0 Å². The molecule has 0 atom stereocenters. The van der Waals surface area contributed by atoms with Crippen LogP contribution in [0.1, 0.15) is 116 Å². The number of carbonyl (C=O) groups is 1. The second-order valence-electron chi connectivity index (χ2n) is 7.00. The van der Waals surface area contributed by atoms with E-state index in [1.165, 1.54) is 122 Å². The van der Waals surface area contributed by atoms with Gasteiger partial charge in [0, 0.05) is 5.97 Å². The van der Waals surface area contributed by atoms with Crippen LogP contribution in [0.4, 0.5) is 0 Å². The summed E-state index contributed by atoms with van der Waals surface area (Å²) in [5.41, 5.74) is 0. The third-order valence-electron chi connectivity index (χ3n) is 4.39. The number of hydrogen-bond acceptors (Lipinski definition) is 3. The molecule has 0 unspecified atom stereocenters. The zero-order valence-corrected chi connectivity index (χ0v) is 19.1. The molecule has 0 aliphatic heterocycles. The Hall–Kier alpha value is 0.690. The molecule has 0 bridgehead atoms. The molecule has 0 fully saturated rings. The normalized spacial score (nSPS) is 10.4. The predicted molar refractivity (Wildman–Crippen MR) is 107 cm³/mol. The average Bonchev–Trinajstić information content (AvgIpc) is 2.59. The predicted octanol–water partition coefficient (Wildman–Crippen LogP) is 4.95. The van der Waals surface area contributed by atoms with E-state index >= 15 is 0 Å². The number of hydrogen-bond donors (Lipinski definition) is 1. The Labute approximate surface area is 181 Å². The van der Waals surface area contributed by atoms with Gasteiger partial charge in [-0.05, 0) is 12.8 Å². The molecule has 0 rings (SSSR count). The SMILES string of the molecule is CCCCCCCCCCCCCCCCCC(=O)[O-].OCC[CH2][Ca+]. The van der Waals surface area contributed by atoms with Crippen LogP contribution in [0.5, 0.6) is 0 Å². The van der Waals surface area contributed by atoms with Crippen molar-refractivity contribution < 1.29 is 15.0 Å². The Kier molecular flexibility index (Phi) is 30.0. The number of carbonyl (C=O) groups excluding carboxylic acids is 1. The standard InChI is InChI=1S/C18H36O2.C3H7O.Ca/c1-2-3-4-5-6-7-8-9-10-11-12-13-14-15-16-17-18(19)20;1-2-3-4;/h2-17H2,1H3,(H,19,20);4H,1-3H2;/q;;+1/p-1. The molecule has 0 aromatic carbocycles. The molecule has 0 aliphatic rings. The van der Waals surface area contributed by atoms with Crippen molar-refractivity contribution in [2.45, 2.75) is 119 Å². The summed E-state index contributed by atoms with van der Waals surface area (Å²) in [5.74, 6) is -0.903. The molecule has 0 heterocycles. The van der Waals surface area contributed by atoms with Gasteiger partial charge in [0.25, 0.3) is 0 Å². The van der Waals surface area contributed by atoms with Crippen molar-refractivity contribution in [1.82, 2.24) is 0 Å². The molecule has 4 heteroatoms. The fraction of sp³-hybridized carbons (Fsp3) is 0.952. The summed E-state index contributed by atoms with van der Waals surface area (Å²) in [6.07, 6.45) is 20.9. The Bertz CT molecular complexity index is 245. The van der Waals surface area contributed by atoms with Gasteiger partial charge >= 0.3 is 56.4 Å². The minimum atomic E-state index is -0.903. The first-order valence-corrected chi connectivity index (χ1v) is 12.3. The van der Waals surface area contributed by atoms with Gasteiger partial charge in [-0.2, -0.15) is 0 Å². The fourth-order valence-corrected chi connectivity index (χ4v) is 3.10. The molecule has 0 spiro atoms. The topological polar surface area (TPSA) is 60.4 Å². The van der Waals surface area contributed by atoms with Gasteiger partial charge in [-0.3, -0.25) is 0 Å². The summed E-state index contributed by atoms with van der Waals surface area (Å²) < 4.78 is 1.22. The third-order valence-corrected chi connectivity index (χ3v) is 5.17. The van der Waals surface area contributed by atoms with Crippen LogP contribution in [0.15, 0.2) is 0 Å². The summed E-state index contributed by atoms with van der Waals surface area (Å²) in [6, 6.07) is 0. The Balaban J connectivity index is 0. The minimum absolute atomic E-state index is 0.234. The van der Waals surface area contributed by atoms with Crippen LogP contribution in [0.3, 0.4) is 0 Å². The van der Waals surface area contributed by atoms with E-state index in [0.717, 1.165) is 19.3 Å². The summed E-state index contributed by atoms with van der Waals surface area (Å²) in [6.45, 7) is 2.64. The molecule has 0 saturated carbocycles. The molecule has 0 saturated heterocycles. The molecule has 0 aromatic rings. The van der Waals surface area contributed by atoms with E-state index in [-0.39, 0.29) is 6.42 Å². The van der Waals surface area contributed by atoms with E-state index < -0.39 is 5.97 Å². The summed E-state index contributed by atoms with van der Waals surface area (Å²) in [7, 11) is 0. The number of carboxylic acids is 1. The van der Waals surface area contributed by atoms with E-state index in [4.69, 9.17) is 5.11 Å². The zero-order chi connectivity index (χ0) is 19.0. The van der Waals surface area contributed by atoms with E-state index in [0.29, 0.717) is 6.61 Å². The molecule has 0 amide bonds. The molecular weight excluding hydrogens is 340 g/mol. The Morgan fingerprint density at radius 1 is 0.720 bits per heavy atom. The molecule has 25 heavy (non-hydrogen) atoms. The third kappa shape index (κ3) is 32.8. The maximum absolute atomic E-state index is 10.2. The fourth-order valence-electron chi connectivity index (χ4n) is 2.75. The number of unbranched alkanes of at least 4 members (excludes halogenated alkanes) is 14. The van der Waals surface area contributed by atoms with E-state index in [1.54, 1.807) is 0 Å². The van der Waals surface area contributed by atoms with Crippen LogP contribution >= 0.6 is 0 Å². The van der Waals surface area contributed by atoms with Crippen LogP contribution in [0.25, 0.3) is 0 Å². The molecule has 0 aromatic heterocycles. The van der Waals surface area contributed by atoms with E-state index in [2.05, 4.69) is 6.92 Å². The number of aliphatic carboxylic acids is 1. The van der Waals surface area contributed by atoms with Crippen molar-refractivity contribution in [3.05, 3.63) is 0 Å². The van der Waals surface area contributed by atoms with Crippen molar-refractivity contribution in [3.8, 4) is 0 Å². The number of aliphatic hydroxyl groups excluding tert-OH is 1. The Morgan fingerprint density at radius 3 is 1.32 bits per heavy atom. The first-order valence-electron chi connectivity index (χ1n) is 10.8. The molecule has 146 valence electrons. The summed E-state index contributed by atoms with van der Waals surface area (Å²) >= 11 is 1.32. The van der Waals surface area contributed by atoms with Crippen LogP contribution < -0.4 is 5.11 Å². The van der Waals surface area contributed by atoms with E-state index in [9.17, 15) is 9.90 Å². The second kappa shape index (κ2) is 26.9. The Morgan fingerprint density at radius 2 is 1.08 bits per heavy atom. The van der Waals surface area contributed by atoms with Crippen LogP contribution in [0.2, 0.25) is 2.52 Å². The molecular formula is C21H42CaO3. The van der Waals surface area contributed by atoms with Gasteiger partial charge in [-0.25, -0.2) is 0 Å². The van der Waals surface area contributed by atoms with Gasteiger partial charge in [0.05, 0.1) is 0 Å². The van der Waals surface area contributed by atoms with Crippen molar-refractivity contribution in [2.75, 3.05) is 6.61 Å². The van der Waals surface area contributed by atoms with Crippen molar-refractivity contribution in [2.24, 2.45) is 0 Å². The van der Waals surface area contributed by atoms with Gasteiger partial charge in [-0.1, -0.05) is 96.8 Å². The number of rotatable bonds is 18. The molecule has 1 N–H and O–H groups in total. The van der Waals surface area contributed by atoms with Crippen molar-refractivity contribution in [3.63, 3.8) is 0 Å². The van der Waals surface area contributed by atoms with Crippen molar-refractivity contribution in [1.29, 1.82) is 0 Å². The van der Waals surface area contributed by atoms with Crippen LogP contribution in [-0.2, 0) is 4.79 Å². The number of carboxylic acid groups (broad SMARTS) is 1. The first-order chi connectivity index (χ1) is 12.2. The molecule has 0 radical (unpaired) electrons. The van der Waals surface area contributed by atoms with Gasteiger partial charge < -0.3 is 9.90 Å². The number of aliphatic hydroxyl groups is 1. The molecule has 3 nitrogen and oxygen atoms in total.